The Morgan fingerprint density at radius 2 is 2.26 bits per heavy atom. The number of amides is 1. The number of likely N-dealkylation sites (N-methyl/N-ethyl adjacent to an activating group) is 1. The number of hydrogen-bond donors (Lipinski definition) is 1. The zero-order chi connectivity index (χ0) is 14.3. The van der Waals surface area contributed by atoms with Gasteiger partial charge in [-0.2, -0.15) is 0 Å². The molecule has 0 aromatic heterocycles. The first-order chi connectivity index (χ1) is 8.99. The predicted molar refractivity (Wildman–Crippen MR) is 77.2 cm³/mol. The number of nitrogens with one attached hydrogen (secondary N) is 1. The van der Waals surface area contributed by atoms with Gasteiger partial charge in [0.2, 0.25) is 5.91 Å². The summed E-state index contributed by atoms with van der Waals surface area (Å²) >= 11 is 0. The Hall–Kier alpha value is -0.650. The molecule has 1 saturated heterocycles. The molecule has 19 heavy (non-hydrogen) atoms. The molecule has 5 heteroatoms. The summed E-state index contributed by atoms with van der Waals surface area (Å²) in [5, 5.41) is 3.46. The van der Waals surface area contributed by atoms with E-state index >= 15 is 0 Å². The highest BCUT2D eigenvalue weighted by molar-refractivity contribution is 5.72. The zero-order valence-corrected chi connectivity index (χ0v) is 12.8. The molecule has 112 valence electrons. The Morgan fingerprint density at radius 3 is 2.89 bits per heavy atom. The van der Waals surface area contributed by atoms with Crippen molar-refractivity contribution in [3.63, 3.8) is 0 Å². The van der Waals surface area contributed by atoms with Gasteiger partial charge < -0.3 is 15.0 Å². The molecule has 0 spiro atoms. The Morgan fingerprint density at radius 1 is 1.53 bits per heavy atom. The minimum Gasteiger partial charge on any atom is -0.374 e. The molecule has 1 rings (SSSR count). The van der Waals surface area contributed by atoms with Crippen LogP contribution in [0.1, 0.15) is 20.8 Å². The van der Waals surface area contributed by atoms with Crippen molar-refractivity contribution in [3.05, 3.63) is 0 Å². The molecule has 0 bridgehead atoms. The van der Waals surface area contributed by atoms with E-state index in [1.165, 1.54) is 0 Å². The van der Waals surface area contributed by atoms with E-state index in [2.05, 4.69) is 24.1 Å². The van der Waals surface area contributed by atoms with Gasteiger partial charge in [0.1, 0.15) is 0 Å². The summed E-state index contributed by atoms with van der Waals surface area (Å²) in [5.41, 5.74) is 0. The number of carbonyl (C=O) groups excluding carboxylic acids is 1. The van der Waals surface area contributed by atoms with Crippen molar-refractivity contribution < 1.29 is 9.53 Å². The highest BCUT2D eigenvalue weighted by Crippen LogP contribution is 2.06. The van der Waals surface area contributed by atoms with Crippen LogP contribution >= 0.6 is 0 Å². The van der Waals surface area contributed by atoms with E-state index in [1.54, 1.807) is 11.8 Å². The van der Waals surface area contributed by atoms with Crippen molar-refractivity contribution in [2.24, 2.45) is 5.92 Å². The Labute approximate surface area is 117 Å². The highest BCUT2D eigenvalue weighted by Gasteiger charge is 2.21. The molecule has 1 atom stereocenters. The molecule has 1 amide bonds. The number of morpholine rings is 1. The average molecular weight is 271 g/mol. The fraction of sp³-hybridized carbons (Fsp3) is 0.929. The third-order valence-electron chi connectivity index (χ3n) is 3.40. The molecule has 1 N–H and O–H groups in total. The number of hydrogen-bond acceptors (Lipinski definition) is 4. The third-order valence-corrected chi connectivity index (χ3v) is 3.40. The fourth-order valence-electron chi connectivity index (χ4n) is 2.16. The Bertz CT molecular complexity index is 271. The Kier molecular flexibility index (Phi) is 7.34. The number of ether oxygens (including phenoxy) is 1. The van der Waals surface area contributed by atoms with Gasteiger partial charge in [0.05, 0.1) is 12.7 Å². The van der Waals surface area contributed by atoms with Crippen molar-refractivity contribution in [1.29, 1.82) is 0 Å². The van der Waals surface area contributed by atoms with Gasteiger partial charge in [-0.3, -0.25) is 9.69 Å². The molecule has 1 fully saturated rings. The molecule has 1 aliphatic heterocycles. The van der Waals surface area contributed by atoms with Gasteiger partial charge in [0.25, 0.3) is 0 Å². The molecule has 0 aromatic rings. The second-order valence-electron chi connectivity index (χ2n) is 5.79. The predicted octanol–water partition coefficient (Wildman–Crippen LogP) is 0.411. The van der Waals surface area contributed by atoms with Gasteiger partial charge >= 0.3 is 0 Å². The highest BCUT2D eigenvalue weighted by atomic mass is 16.5. The zero-order valence-electron chi connectivity index (χ0n) is 12.8. The second kappa shape index (κ2) is 8.51. The van der Waals surface area contributed by atoms with Crippen LogP contribution in [0.15, 0.2) is 0 Å². The van der Waals surface area contributed by atoms with Crippen molar-refractivity contribution in [2.75, 3.05) is 52.9 Å². The van der Waals surface area contributed by atoms with Gasteiger partial charge in [-0.05, 0) is 12.5 Å². The normalized spacial score (nSPS) is 20.8. The maximum atomic E-state index is 11.2. The van der Waals surface area contributed by atoms with Crippen LogP contribution in [0, 0.1) is 5.92 Å². The smallest absolute Gasteiger partial charge is 0.219 e. The summed E-state index contributed by atoms with van der Waals surface area (Å²) in [4.78, 5) is 15.4. The van der Waals surface area contributed by atoms with Gasteiger partial charge in [-0.15, -0.1) is 0 Å². The average Bonchev–Trinajstić information content (AvgIpc) is 2.35. The van der Waals surface area contributed by atoms with E-state index in [9.17, 15) is 4.79 Å². The lowest BCUT2D eigenvalue weighted by Crippen LogP contribution is -2.49. The van der Waals surface area contributed by atoms with Crippen LogP contribution in [0.2, 0.25) is 0 Å². The van der Waals surface area contributed by atoms with E-state index in [-0.39, 0.29) is 12.0 Å². The largest absolute Gasteiger partial charge is 0.374 e. The lowest BCUT2D eigenvalue weighted by molar-refractivity contribution is -0.130. The number of carbonyl (C=O) groups is 1. The maximum absolute atomic E-state index is 11.2. The second-order valence-corrected chi connectivity index (χ2v) is 5.79. The van der Waals surface area contributed by atoms with Gasteiger partial charge in [-0.1, -0.05) is 13.8 Å². The van der Waals surface area contributed by atoms with Crippen LogP contribution in [0.25, 0.3) is 0 Å². The summed E-state index contributed by atoms with van der Waals surface area (Å²) in [5.74, 6) is 0.793. The van der Waals surface area contributed by atoms with Crippen molar-refractivity contribution >= 4 is 5.91 Å². The first kappa shape index (κ1) is 16.4. The topological polar surface area (TPSA) is 44.8 Å². The van der Waals surface area contributed by atoms with Crippen molar-refractivity contribution in [3.8, 4) is 0 Å². The fourth-order valence-corrected chi connectivity index (χ4v) is 2.16. The Balaban J connectivity index is 2.20. The maximum Gasteiger partial charge on any atom is 0.219 e. The van der Waals surface area contributed by atoms with Gasteiger partial charge in [-0.25, -0.2) is 0 Å². The molecule has 0 aromatic carbocycles. The van der Waals surface area contributed by atoms with Crippen LogP contribution in [0.4, 0.5) is 0 Å². The SMILES string of the molecule is CC(=O)N(C)C[C@H]1CN(CCNCC(C)C)CCO1. The van der Waals surface area contributed by atoms with Crippen LogP contribution in [-0.4, -0.2) is 74.7 Å². The molecule has 0 saturated carbocycles. The first-order valence-corrected chi connectivity index (χ1v) is 7.25. The van der Waals surface area contributed by atoms with E-state index in [4.69, 9.17) is 4.74 Å². The molecule has 0 unspecified atom stereocenters. The lowest BCUT2D eigenvalue weighted by atomic mass is 10.2. The summed E-state index contributed by atoms with van der Waals surface area (Å²) in [6.07, 6.45) is 0.146. The van der Waals surface area contributed by atoms with Gasteiger partial charge in [0.15, 0.2) is 0 Å². The minimum atomic E-state index is 0.0966. The van der Waals surface area contributed by atoms with Crippen molar-refractivity contribution in [1.82, 2.24) is 15.1 Å². The van der Waals surface area contributed by atoms with Crippen LogP contribution in [0.5, 0.6) is 0 Å². The molecule has 1 aliphatic rings. The quantitative estimate of drug-likeness (QED) is 0.681. The molecule has 5 nitrogen and oxygen atoms in total. The van der Waals surface area contributed by atoms with E-state index in [0.717, 1.165) is 39.3 Å². The lowest BCUT2D eigenvalue weighted by Gasteiger charge is -2.34. The minimum absolute atomic E-state index is 0.0966. The van der Waals surface area contributed by atoms with Crippen molar-refractivity contribution in [2.45, 2.75) is 26.9 Å². The monoisotopic (exact) mass is 271 g/mol. The van der Waals surface area contributed by atoms with Crippen LogP contribution in [0.3, 0.4) is 0 Å². The molecular formula is C14H29N3O2. The molecular weight excluding hydrogens is 242 g/mol. The van der Waals surface area contributed by atoms with Crippen LogP contribution < -0.4 is 5.32 Å². The van der Waals surface area contributed by atoms with E-state index in [1.807, 2.05) is 7.05 Å². The third kappa shape index (κ3) is 6.89. The van der Waals surface area contributed by atoms with Crippen LogP contribution in [-0.2, 0) is 9.53 Å². The molecule has 1 heterocycles. The first-order valence-electron chi connectivity index (χ1n) is 7.25. The van der Waals surface area contributed by atoms with E-state index < -0.39 is 0 Å². The summed E-state index contributed by atoms with van der Waals surface area (Å²) < 4.78 is 5.72. The standard InChI is InChI=1S/C14H29N3O2/c1-12(2)9-15-5-6-17-7-8-19-14(11-17)10-16(4)13(3)18/h12,14-15H,5-11H2,1-4H3/t14-/m0/s1. The summed E-state index contributed by atoms with van der Waals surface area (Å²) in [6.45, 7) is 12.5. The molecule has 0 radical (unpaired) electrons. The summed E-state index contributed by atoms with van der Waals surface area (Å²) in [7, 11) is 1.83. The number of nitrogens with zero attached hydrogens (tertiary/aromatic N) is 2. The van der Waals surface area contributed by atoms with E-state index in [0.29, 0.717) is 12.5 Å². The number of rotatable bonds is 7. The molecule has 0 aliphatic carbocycles. The van der Waals surface area contributed by atoms with Gasteiger partial charge in [0, 0.05) is 46.7 Å². The summed E-state index contributed by atoms with van der Waals surface area (Å²) in [6, 6.07) is 0.